The van der Waals surface area contributed by atoms with E-state index in [0.717, 1.165) is 11.3 Å². The van der Waals surface area contributed by atoms with E-state index < -0.39 is 0 Å². The summed E-state index contributed by atoms with van der Waals surface area (Å²) in [5.41, 5.74) is 7.11. The molecule has 1 rings (SSSR count). The highest BCUT2D eigenvalue weighted by Gasteiger charge is 2.08. The second-order valence-corrected chi connectivity index (χ2v) is 4.31. The van der Waals surface area contributed by atoms with Crippen molar-refractivity contribution < 1.29 is 15.1 Å². The number of aliphatic hydroxyl groups is 1. The maximum Gasteiger partial charge on any atom is 0.170 e. The zero-order valence-corrected chi connectivity index (χ0v) is 11.3. The SMILES string of the molecule is COc1ccc(/C(N)=N/O)cc1CNC(C)CCO. The number of methoxy groups -OCH3 is 1. The van der Waals surface area contributed by atoms with Crippen molar-refractivity contribution in [1.29, 1.82) is 0 Å². The van der Waals surface area contributed by atoms with Crippen LogP contribution in [-0.2, 0) is 6.54 Å². The van der Waals surface area contributed by atoms with E-state index in [2.05, 4.69) is 10.5 Å². The number of rotatable bonds is 7. The molecule has 1 aromatic carbocycles. The standard InChI is InChI=1S/C13H21N3O3/c1-9(5-6-17)15-8-11-7-10(13(14)16-18)3-4-12(11)19-2/h3-4,7,9,15,17-18H,5-6,8H2,1-2H3,(H2,14,16). The molecule has 0 bridgehead atoms. The van der Waals surface area contributed by atoms with Crippen LogP contribution in [0.4, 0.5) is 0 Å². The molecule has 6 heteroatoms. The van der Waals surface area contributed by atoms with Crippen LogP contribution in [0.5, 0.6) is 5.75 Å². The summed E-state index contributed by atoms with van der Waals surface area (Å²) in [6.07, 6.45) is 0.683. The maximum absolute atomic E-state index is 8.86. The van der Waals surface area contributed by atoms with Crippen molar-refractivity contribution in [2.24, 2.45) is 10.9 Å². The quantitative estimate of drug-likeness (QED) is 0.251. The molecule has 0 spiro atoms. The number of oxime groups is 1. The Hall–Kier alpha value is -1.79. The Morgan fingerprint density at radius 1 is 1.53 bits per heavy atom. The molecule has 0 saturated heterocycles. The lowest BCUT2D eigenvalue weighted by Gasteiger charge is -2.15. The Labute approximate surface area is 112 Å². The van der Waals surface area contributed by atoms with Gasteiger partial charge < -0.3 is 26.1 Å². The fourth-order valence-electron chi connectivity index (χ4n) is 1.71. The summed E-state index contributed by atoms with van der Waals surface area (Å²) in [7, 11) is 1.60. The zero-order chi connectivity index (χ0) is 14.3. The van der Waals surface area contributed by atoms with Crippen LogP contribution in [0.3, 0.4) is 0 Å². The van der Waals surface area contributed by atoms with Gasteiger partial charge in [-0.2, -0.15) is 0 Å². The third kappa shape index (κ3) is 4.42. The number of hydrogen-bond acceptors (Lipinski definition) is 5. The van der Waals surface area contributed by atoms with Gasteiger partial charge in [0, 0.05) is 30.3 Å². The van der Waals surface area contributed by atoms with Crippen LogP contribution in [-0.4, -0.2) is 35.9 Å². The molecule has 5 N–H and O–H groups in total. The van der Waals surface area contributed by atoms with Crippen LogP contribution in [0.2, 0.25) is 0 Å². The molecule has 0 aromatic heterocycles. The topological polar surface area (TPSA) is 100 Å². The van der Waals surface area contributed by atoms with Crippen molar-refractivity contribution in [3.05, 3.63) is 29.3 Å². The number of aliphatic hydroxyl groups excluding tert-OH is 1. The number of hydrogen-bond donors (Lipinski definition) is 4. The zero-order valence-electron chi connectivity index (χ0n) is 11.3. The highest BCUT2D eigenvalue weighted by atomic mass is 16.5. The Balaban J connectivity index is 2.84. The van der Waals surface area contributed by atoms with E-state index in [1.807, 2.05) is 13.0 Å². The van der Waals surface area contributed by atoms with Gasteiger partial charge in [0.2, 0.25) is 0 Å². The fraction of sp³-hybridized carbons (Fsp3) is 0.462. The highest BCUT2D eigenvalue weighted by molar-refractivity contribution is 5.97. The average Bonchev–Trinajstić information content (AvgIpc) is 2.44. The van der Waals surface area contributed by atoms with Gasteiger partial charge in [-0.25, -0.2) is 0 Å². The lowest BCUT2D eigenvalue weighted by atomic mass is 10.1. The van der Waals surface area contributed by atoms with Crippen molar-refractivity contribution in [2.45, 2.75) is 25.9 Å². The first-order valence-corrected chi connectivity index (χ1v) is 6.11. The molecule has 1 atom stereocenters. The monoisotopic (exact) mass is 267 g/mol. The summed E-state index contributed by atoms with van der Waals surface area (Å²) >= 11 is 0. The molecule has 1 unspecified atom stereocenters. The number of nitrogens with one attached hydrogen (secondary N) is 1. The van der Waals surface area contributed by atoms with Crippen molar-refractivity contribution in [3.8, 4) is 5.75 Å². The van der Waals surface area contributed by atoms with E-state index in [-0.39, 0.29) is 18.5 Å². The van der Waals surface area contributed by atoms with E-state index in [1.54, 1.807) is 19.2 Å². The summed E-state index contributed by atoms with van der Waals surface area (Å²) in [6.45, 7) is 2.72. The molecule has 0 aliphatic heterocycles. The second-order valence-electron chi connectivity index (χ2n) is 4.31. The lowest BCUT2D eigenvalue weighted by Crippen LogP contribution is -2.26. The number of amidine groups is 1. The Bertz CT molecular complexity index is 435. The molecule has 0 amide bonds. The molecular weight excluding hydrogens is 246 g/mol. The first-order valence-electron chi connectivity index (χ1n) is 6.11. The maximum atomic E-state index is 8.86. The van der Waals surface area contributed by atoms with E-state index in [1.165, 1.54) is 0 Å². The molecule has 19 heavy (non-hydrogen) atoms. The van der Waals surface area contributed by atoms with E-state index in [0.29, 0.717) is 18.5 Å². The highest BCUT2D eigenvalue weighted by Crippen LogP contribution is 2.20. The fourth-order valence-corrected chi connectivity index (χ4v) is 1.71. The molecule has 106 valence electrons. The van der Waals surface area contributed by atoms with Gasteiger partial charge in [0.1, 0.15) is 5.75 Å². The van der Waals surface area contributed by atoms with Crippen LogP contribution in [0.1, 0.15) is 24.5 Å². The second kappa shape index (κ2) is 7.60. The minimum absolute atomic E-state index is 0.0623. The normalized spacial score (nSPS) is 13.3. The number of ether oxygens (including phenoxy) is 1. The number of nitrogens with two attached hydrogens (primary N) is 1. The van der Waals surface area contributed by atoms with Crippen molar-refractivity contribution in [2.75, 3.05) is 13.7 Å². The summed E-state index contributed by atoms with van der Waals surface area (Å²) in [6, 6.07) is 5.52. The summed E-state index contributed by atoms with van der Waals surface area (Å²) in [5.74, 6) is 0.797. The Morgan fingerprint density at radius 3 is 2.84 bits per heavy atom. The van der Waals surface area contributed by atoms with Gasteiger partial charge in [0.15, 0.2) is 5.84 Å². The van der Waals surface area contributed by atoms with E-state index >= 15 is 0 Å². The molecule has 0 fully saturated rings. The van der Waals surface area contributed by atoms with Crippen molar-refractivity contribution in [1.82, 2.24) is 5.32 Å². The minimum atomic E-state index is 0.0623. The summed E-state index contributed by atoms with van der Waals surface area (Å²) < 4.78 is 5.27. The van der Waals surface area contributed by atoms with Crippen molar-refractivity contribution in [3.63, 3.8) is 0 Å². The van der Waals surface area contributed by atoms with Crippen LogP contribution in [0, 0.1) is 0 Å². The summed E-state index contributed by atoms with van der Waals surface area (Å²) in [5, 5.41) is 23.8. The predicted octanol–water partition coefficient (Wildman–Crippen LogP) is 0.650. The van der Waals surface area contributed by atoms with E-state index in [4.69, 9.17) is 20.8 Å². The Morgan fingerprint density at radius 2 is 2.26 bits per heavy atom. The van der Waals surface area contributed by atoms with Crippen LogP contribution >= 0.6 is 0 Å². The molecule has 0 aliphatic carbocycles. The number of benzene rings is 1. The lowest BCUT2D eigenvalue weighted by molar-refractivity contribution is 0.268. The largest absolute Gasteiger partial charge is 0.496 e. The minimum Gasteiger partial charge on any atom is -0.496 e. The molecule has 1 aromatic rings. The molecule has 0 saturated carbocycles. The van der Waals surface area contributed by atoms with Gasteiger partial charge in [-0.05, 0) is 31.5 Å². The van der Waals surface area contributed by atoms with Gasteiger partial charge in [-0.3, -0.25) is 0 Å². The molecule has 0 radical (unpaired) electrons. The third-order valence-corrected chi connectivity index (χ3v) is 2.89. The average molecular weight is 267 g/mol. The summed E-state index contributed by atoms with van der Waals surface area (Å²) in [4.78, 5) is 0. The third-order valence-electron chi connectivity index (χ3n) is 2.89. The molecule has 0 aliphatic rings. The Kier molecular flexibility index (Phi) is 6.11. The smallest absolute Gasteiger partial charge is 0.170 e. The molecule has 0 heterocycles. The molecular formula is C13H21N3O3. The van der Waals surface area contributed by atoms with Gasteiger partial charge in [-0.1, -0.05) is 5.16 Å². The first kappa shape index (κ1) is 15.3. The van der Waals surface area contributed by atoms with Gasteiger partial charge in [0.05, 0.1) is 7.11 Å². The first-order chi connectivity index (χ1) is 9.12. The van der Waals surface area contributed by atoms with Gasteiger partial charge in [0.25, 0.3) is 0 Å². The van der Waals surface area contributed by atoms with Crippen LogP contribution < -0.4 is 15.8 Å². The van der Waals surface area contributed by atoms with Crippen molar-refractivity contribution >= 4 is 5.84 Å². The molecule has 6 nitrogen and oxygen atoms in total. The number of nitrogens with zero attached hydrogens (tertiary/aromatic N) is 1. The van der Waals surface area contributed by atoms with Crippen LogP contribution in [0.15, 0.2) is 23.4 Å². The van der Waals surface area contributed by atoms with Crippen LogP contribution in [0.25, 0.3) is 0 Å². The van der Waals surface area contributed by atoms with Gasteiger partial charge >= 0.3 is 0 Å². The predicted molar refractivity (Wildman–Crippen MR) is 73.5 cm³/mol. The van der Waals surface area contributed by atoms with E-state index in [9.17, 15) is 0 Å². The van der Waals surface area contributed by atoms with Gasteiger partial charge in [-0.15, -0.1) is 0 Å².